The Balaban J connectivity index is 1.82. The highest BCUT2D eigenvalue weighted by Gasteiger charge is 2.05. The van der Waals surface area contributed by atoms with Gasteiger partial charge in [0.05, 0.1) is 5.52 Å². The van der Waals surface area contributed by atoms with E-state index >= 15 is 0 Å². The Hall–Kier alpha value is -2.13. The lowest BCUT2D eigenvalue weighted by atomic mass is 10.1. The SMILES string of the molecule is CCC(N)Cc1ccn(Cc2cccc3cccnc23)c1. The van der Waals surface area contributed by atoms with Crippen LogP contribution in [-0.2, 0) is 13.0 Å². The van der Waals surface area contributed by atoms with E-state index in [0.717, 1.165) is 24.9 Å². The summed E-state index contributed by atoms with van der Waals surface area (Å²) >= 11 is 0. The highest BCUT2D eigenvalue weighted by atomic mass is 14.9. The summed E-state index contributed by atoms with van der Waals surface area (Å²) in [6.45, 7) is 2.97. The summed E-state index contributed by atoms with van der Waals surface area (Å²) in [4.78, 5) is 4.51. The summed E-state index contributed by atoms with van der Waals surface area (Å²) < 4.78 is 2.21. The van der Waals surface area contributed by atoms with Crippen LogP contribution in [0.5, 0.6) is 0 Å². The van der Waals surface area contributed by atoms with E-state index in [1.54, 1.807) is 0 Å². The lowest BCUT2D eigenvalue weighted by Crippen LogP contribution is -2.21. The van der Waals surface area contributed by atoms with Crippen LogP contribution >= 0.6 is 0 Å². The van der Waals surface area contributed by atoms with Crippen LogP contribution in [0.2, 0.25) is 0 Å². The first-order valence-corrected chi connectivity index (χ1v) is 7.49. The molecule has 2 aromatic heterocycles. The molecule has 108 valence electrons. The Morgan fingerprint density at radius 2 is 2.05 bits per heavy atom. The van der Waals surface area contributed by atoms with Crippen molar-refractivity contribution in [2.75, 3.05) is 0 Å². The monoisotopic (exact) mass is 279 g/mol. The Labute approximate surface area is 125 Å². The van der Waals surface area contributed by atoms with Crippen molar-refractivity contribution in [2.45, 2.75) is 32.4 Å². The topological polar surface area (TPSA) is 43.8 Å². The molecule has 3 aromatic rings. The van der Waals surface area contributed by atoms with E-state index in [1.807, 2.05) is 12.3 Å². The van der Waals surface area contributed by atoms with Crippen LogP contribution in [0.25, 0.3) is 10.9 Å². The van der Waals surface area contributed by atoms with E-state index < -0.39 is 0 Å². The second-order valence-electron chi connectivity index (χ2n) is 5.56. The number of hydrogen-bond donors (Lipinski definition) is 1. The molecule has 0 fully saturated rings. The number of pyridine rings is 1. The molecule has 0 aliphatic rings. The second kappa shape index (κ2) is 6.10. The van der Waals surface area contributed by atoms with Crippen molar-refractivity contribution in [1.29, 1.82) is 0 Å². The molecule has 1 aromatic carbocycles. The van der Waals surface area contributed by atoms with Crippen molar-refractivity contribution in [2.24, 2.45) is 5.73 Å². The van der Waals surface area contributed by atoms with Gasteiger partial charge in [0.2, 0.25) is 0 Å². The maximum absolute atomic E-state index is 6.02. The van der Waals surface area contributed by atoms with Gasteiger partial charge in [0, 0.05) is 36.6 Å². The lowest BCUT2D eigenvalue weighted by molar-refractivity contribution is 0.645. The van der Waals surface area contributed by atoms with E-state index in [2.05, 4.69) is 59.2 Å². The minimum Gasteiger partial charge on any atom is -0.350 e. The fourth-order valence-corrected chi connectivity index (χ4v) is 2.65. The number of aromatic nitrogens is 2. The lowest BCUT2D eigenvalue weighted by Gasteiger charge is -2.08. The van der Waals surface area contributed by atoms with Gasteiger partial charge in [-0.05, 0) is 36.1 Å². The highest BCUT2D eigenvalue weighted by molar-refractivity contribution is 5.81. The van der Waals surface area contributed by atoms with E-state index in [4.69, 9.17) is 5.73 Å². The Morgan fingerprint density at radius 3 is 2.90 bits per heavy atom. The van der Waals surface area contributed by atoms with Crippen molar-refractivity contribution >= 4 is 10.9 Å². The maximum Gasteiger partial charge on any atom is 0.0751 e. The third-order valence-electron chi connectivity index (χ3n) is 3.90. The standard InChI is InChI=1S/C18H21N3/c1-2-17(19)11-14-8-10-21(12-14)13-16-6-3-5-15-7-4-9-20-18(15)16/h3-10,12,17H,2,11,13,19H2,1H3. The second-order valence-corrected chi connectivity index (χ2v) is 5.56. The molecule has 0 radical (unpaired) electrons. The van der Waals surface area contributed by atoms with E-state index in [9.17, 15) is 0 Å². The van der Waals surface area contributed by atoms with Gasteiger partial charge in [0.15, 0.2) is 0 Å². The van der Waals surface area contributed by atoms with Gasteiger partial charge in [-0.15, -0.1) is 0 Å². The fourth-order valence-electron chi connectivity index (χ4n) is 2.65. The van der Waals surface area contributed by atoms with Gasteiger partial charge in [-0.1, -0.05) is 31.2 Å². The molecule has 2 heterocycles. The van der Waals surface area contributed by atoms with Gasteiger partial charge in [0.25, 0.3) is 0 Å². The summed E-state index contributed by atoms with van der Waals surface area (Å²) in [6.07, 6.45) is 8.12. The van der Waals surface area contributed by atoms with Crippen LogP contribution in [0.3, 0.4) is 0 Å². The number of nitrogens with two attached hydrogens (primary N) is 1. The molecule has 0 spiro atoms. The summed E-state index contributed by atoms with van der Waals surface area (Å²) in [5, 5.41) is 1.19. The number of para-hydroxylation sites is 1. The normalized spacial score (nSPS) is 12.7. The minimum atomic E-state index is 0.250. The van der Waals surface area contributed by atoms with Crippen molar-refractivity contribution in [3.63, 3.8) is 0 Å². The zero-order valence-corrected chi connectivity index (χ0v) is 12.4. The molecular formula is C18H21N3. The number of fused-ring (bicyclic) bond motifs is 1. The molecule has 0 aliphatic heterocycles. The predicted molar refractivity (Wildman–Crippen MR) is 87.2 cm³/mol. The first-order chi connectivity index (χ1) is 10.3. The zero-order chi connectivity index (χ0) is 14.7. The largest absolute Gasteiger partial charge is 0.350 e. The van der Waals surface area contributed by atoms with Crippen LogP contribution < -0.4 is 5.73 Å². The molecule has 0 bridgehead atoms. The molecule has 2 N–H and O–H groups in total. The van der Waals surface area contributed by atoms with E-state index in [0.29, 0.717) is 0 Å². The average Bonchev–Trinajstić information content (AvgIpc) is 2.94. The first kappa shape index (κ1) is 13.8. The number of hydrogen-bond acceptors (Lipinski definition) is 2. The van der Waals surface area contributed by atoms with Gasteiger partial charge in [-0.25, -0.2) is 0 Å². The average molecular weight is 279 g/mol. The van der Waals surface area contributed by atoms with Crippen LogP contribution in [0, 0.1) is 0 Å². The van der Waals surface area contributed by atoms with E-state index in [1.165, 1.54) is 16.5 Å². The van der Waals surface area contributed by atoms with Gasteiger partial charge >= 0.3 is 0 Å². The number of nitrogens with zero attached hydrogens (tertiary/aromatic N) is 2. The number of benzene rings is 1. The third kappa shape index (κ3) is 3.14. The van der Waals surface area contributed by atoms with Crippen molar-refractivity contribution in [3.05, 3.63) is 66.1 Å². The van der Waals surface area contributed by atoms with Crippen molar-refractivity contribution < 1.29 is 0 Å². The van der Waals surface area contributed by atoms with Crippen LogP contribution in [0.4, 0.5) is 0 Å². The summed E-state index contributed by atoms with van der Waals surface area (Å²) in [7, 11) is 0. The molecule has 1 atom stereocenters. The Bertz CT molecular complexity index is 725. The van der Waals surface area contributed by atoms with E-state index in [-0.39, 0.29) is 6.04 Å². The summed E-state index contributed by atoms with van der Waals surface area (Å²) in [5.41, 5.74) is 9.65. The third-order valence-corrected chi connectivity index (χ3v) is 3.90. The van der Waals surface area contributed by atoms with Crippen LogP contribution in [-0.4, -0.2) is 15.6 Å². The molecule has 0 saturated carbocycles. The summed E-state index contributed by atoms with van der Waals surface area (Å²) in [5.74, 6) is 0. The van der Waals surface area contributed by atoms with Crippen LogP contribution in [0.1, 0.15) is 24.5 Å². The van der Waals surface area contributed by atoms with Gasteiger partial charge in [0.1, 0.15) is 0 Å². The molecule has 0 saturated heterocycles. The molecule has 0 aliphatic carbocycles. The highest BCUT2D eigenvalue weighted by Crippen LogP contribution is 2.17. The van der Waals surface area contributed by atoms with Crippen molar-refractivity contribution in [1.82, 2.24) is 9.55 Å². The molecule has 0 amide bonds. The molecule has 3 heteroatoms. The molecule has 21 heavy (non-hydrogen) atoms. The summed E-state index contributed by atoms with van der Waals surface area (Å²) in [6, 6.07) is 12.8. The smallest absolute Gasteiger partial charge is 0.0751 e. The van der Waals surface area contributed by atoms with Gasteiger partial charge < -0.3 is 10.3 Å². The Morgan fingerprint density at radius 1 is 1.19 bits per heavy atom. The molecule has 3 rings (SSSR count). The molecular weight excluding hydrogens is 258 g/mol. The molecule has 1 unspecified atom stereocenters. The van der Waals surface area contributed by atoms with Gasteiger partial charge in [-0.3, -0.25) is 4.98 Å². The predicted octanol–water partition coefficient (Wildman–Crippen LogP) is 3.36. The maximum atomic E-state index is 6.02. The first-order valence-electron chi connectivity index (χ1n) is 7.49. The fraction of sp³-hybridized carbons (Fsp3) is 0.278. The van der Waals surface area contributed by atoms with Gasteiger partial charge in [-0.2, -0.15) is 0 Å². The van der Waals surface area contributed by atoms with Crippen molar-refractivity contribution in [3.8, 4) is 0 Å². The quantitative estimate of drug-likeness (QED) is 0.778. The minimum absolute atomic E-state index is 0.250. The Kier molecular flexibility index (Phi) is 4.02. The number of rotatable bonds is 5. The zero-order valence-electron chi connectivity index (χ0n) is 12.4. The molecule has 3 nitrogen and oxygen atoms in total. The van der Waals surface area contributed by atoms with Crippen LogP contribution in [0.15, 0.2) is 55.0 Å².